The third-order valence-corrected chi connectivity index (χ3v) is 3.01. The maximum absolute atomic E-state index is 11.7. The molecule has 1 aliphatic heterocycles. The maximum Gasteiger partial charge on any atom is 0.322 e. The lowest BCUT2D eigenvalue weighted by atomic mass is 10.2. The molecule has 0 spiro atoms. The van der Waals surface area contributed by atoms with Crippen molar-refractivity contribution in [2.75, 3.05) is 6.54 Å². The molecule has 15 heavy (non-hydrogen) atoms. The molecule has 0 aromatic rings. The van der Waals surface area contributed by atoms with Crippen LogP contribution in [0.5, 0.6) is 0 Å². The summed E-state index contributed by atoms with van der Waals surface area (Å²) >= 11 is 0. The van der Waals surface area contributed by atoms with Gasteiger partial charge in [-0.2, -0.15) is 0 Å². The summed E-state index contributed by atoms with van der Waals surface area (Å²) in [5, 5.41) is 12.4. The van der Waals surface area contributed by atoms with Gasteiger partial charge in [-0.1, -0.05) is 0 Å². The fourth-order valence-corrected chi connectivity index (χ4v) is 2.00. The summed E-state index contributed by atoms with van der Waals surface area (Å²) in [6.07, 6.45) is 3.34. The first-order valence-electron chi connectivity index (χ1n) is 5.42. The molecule has 0 aromatic heterocycles. The van der Waals surface area contributed by atoms with Crippen LogP contribution in [0.25, 0.3) is 0 Å². The number of hydrogen-bond donors (Lipinski definition) is 1. The SMILES string of the molecule is CC(C(=O)O)N1CCCC(=O)N1C1CC1. The zero-order valence-corrected chi connectivity index (χ0v) is 8.85. The summed E-state index contributed by atoms with van der Waals surface area (Å²) < 4.78 is 0. The minimum absolute atomic E-state index is 0.0804. The predicted molar refractivity (Wildman–Crippen MR) is 52.9 cm³/mol. The van der Waals surface area contributed by atoms with E-state index in [1.54, 1.807) is 16.9 Å². The van der Waals surface area contributed by atoms with E-state index in [0.29, 0.717) is 13.0 Å². The molecule has 1 saturated carbocycles. The third-order valence-electron chi connectivity index (χ3n) is 3.01. The van der Waals surface area contributed by atoms with E-state index in [0.717, 1.165) is 19.3 Å². The molecule has 5 nitrogen and oxygen atoms in total. The number of carboxylic acids is 1. The van der Waals surface area contributed by atoms with E-state index in [2.05, 4.69) is 0 Å². The van der Waals surface area contributed by atoms with Gasteiger partial charge in [0.25, 0.3) is 0 Å². The van der Waals surface area contributed by atoms with E-state index in [1.807, 2.05) is 0 Å². The van der Waals surface area contributed by atoms with Crippen LogP contribution >= 0.6 is 0 Å². The first kappa shape index (κ1) is 10.4. The Morgan fingerprint density at radius 2 is 2.20 bits per heavy atom. The first-order valence-corrected chi connectivity index (χ1v) is 5.42. The smallest absolute Gasteiger partial charge is 0.322 e. The predicted octanol–water partition coefficient (Wildman–Crippen LogP) is 0.461. The van der Waals surface area contributed by atoms with E-state index in [1.165, 1.54) is 0 Å². The van der Waals surface area contributed by atoms with Crippen molar-refractivity contribution in [3.63, 3.8) is 0 Å². The topological polar surface area (TPSA) is 60.9 Å². The Balaban J connectivity index is 2.12. The van der Waals surface area contributed by atoms with Gasteiger partial charge in [0.05, 0.1) is 0 Å². The van der Waals surface area contributed by atoms with Crippen LogP contribution < -0.4 is 0 Å². The highest BCUT2D eigenvalue weighted by Crippen LogP contribution is 2.32. The highest BCUT2D eigenvalue weighted by atomic mass is 16.4. The summed E-state index contributed by atoms with van der Waals surface area (Å²) in [6, 6.07) is -0.338. The molecule has 1 atom stereocenters. The Bertz CT molecular complexity index is 288. The van der Waals surface area contributed by atoms with Gasteiger partial charge in [-0.05, 0) is 26.2 Å². The van der Waals surface area contributed by atoms with E-state index in [-0.39, 0.29) is 11.9 Å². The molecule has 2 fully saturated rings. The summed E-state index contributed by atoms with van der Waals surface area (Å²) in [6.45, 7) is 2.31. The lowest BCUT2D eigenvalue weighted by Gasteiger charge is -2.40. The Morgan fingerprint density at radius 3 is 2.73 bits per heavy atom. The zero-order chi connectivity index (χ0) is 11.0. The van der Waals surface area contributed by atoms with Crippen LogP contribution in [0.15, 0.2) is 0 Å². The Kier molecular flexibility index (Phi) is 2.65. The summed E-state index contributed by atoms with van der Waals surface area (Å²) in [5.74, 6) is -0.785. The molecule has 1 heterocycles. The summed E-state index contributed by atoms with van der Waals surface area (Å²) in [5.41, 5.74) is 0. The molecule has 0 bridgehead atoms. The van der Waals surface area contributed by atoms with Crippen LogP contribution in [0.3, 0.4) is 0 Å². The van der Waals surface area contributed by atoms with Gasteiger partial charge in [-0.3, -0.25) is 14.6 Å². The van der Waals surface area contributed by atoms with E-state index in [9.17, 15) is 9.59 Å². The second-order valence-electron chi connectivity index (χ2n) is 4.25. The molecule has 0 aromatic carbocycles. The van der Waals surface area contributed by atoms with Crippen LogP contribution in [0.4, 0.5) is 0 Å². The second kappa shape index (κ2) is 3.81. The summed E-state index contributed by atoms with van der Waals surface area (Å²) in [7, 11) is 0. The lowest BCUT2D eigenvalue weighted by molar-refractivity contribution is -0.171. The van der Waals surface area contributed by atoms with Crippen molar-refractivity contribution >= 4 is 11.9 Å². The van der Waals surface area contributed by atoms with Crippen molar-refractivity contribution in [1.82, 2.24) is 10.0 Å². The quantitative estimate of drug-likeness (QED) is 0.738. The molecule has 1 unspecified atom stereocenters. The van der Waals surface area contributed by atoms with Crippen LogP contribution in [-0.4, -0.2) is 45.6 Å². The van der Waals surface area contributed by atoms with Gasteiger partial charge in [0.1, 0.15) is 6.04 Å². The molecular formula is C10H16N2O3. The minimum Gasteiger partial charge on any atom is -0.480 e. The Morgan fingerprint density at radius 1 is 1.53 bits per heavy atom. The molecule has 1 saturated heterocycles. The van der Waals surface area contributed by atoms with Crippen molar-refractivity contribution in [3.8, 4) is 0 Å². The van der Waals surface area contributed by atoms with Crippen LogP contribution in [0.2, 0.25) is 0 Å². The number of aliphatic carboxylic acids is 1. The number of amides is 1. The molecule has 1 amide bonds. The van der Waals surface area contributed by atoms with Gasteiger partial charge in [-0.15, -0.1) is 0 Å². The van der Waals surface area contributed by atoms with Crippen LogP contribution in [-0.2, 0) is 9.59 Å². The fraction of sp³-hybridized carbons (Fsp3) is 0.800. The first-order chi connectivity index (χ1) is 7.11. The molecule has 2 rings (SSSR count). The molecule has 5 heteroatoms. The fourth-order valence-electron chi connectivity index (χ4n) is 2.00. The van der Waals surface area contributed by atoms with Crippen molar-refractivity contribution < 1.29 is 14.7 Å². The van der Waals surface area contributed by atoms with Gasteiger partial charge in [-0.25, -0.2) is 5.01 Å². The monoisotopic (exact) mass is 212 g/mol. The van der Waals surface area contributed by atoms with Crippen molar-refractivity contribution in [2.24, 2.45) is 0 Å². The highest BCUT2D eigenvalue weighted by Gasteiger charge is 2.41. The number of carbonyl (C=O) groups excluding carboxylic acids is 1. The number of nitrogens with zero attached hydrogens (tertiary/aromatic N) is 2. The number of hydrogen-bond acceptors (Lipinski definition) is 3. The Hall–Kier alpha value is -1.10. The third kappa shape index (κ3) is 1.97. The van der Waals surface area contributed by atoms with Crippen LogP contribution in [0.1, 0.15) is 32.6 Å². The van der Waals surface area contributed by atoms with E-state index in [4.69, 9.17) is 5.11 Å². The molecule has 84 valence electrons. The van der Waals surface area contributed by atoms with Gasteiger partial charge < -0.3 is 5.11 Å². The Labute approximate surface area is 88.6 Å². The normalized spacial score (nSPS) is 25.4. The van der Waals surface area contributed by atoms with Gasteiger partial charge in [0, 0.05) is 19.0 Å². The molecule has 2 aliphatic rings. The number of hydrazine groups is 1. The van der Waals surface area contributed by atoms with Gasteiger partial charge >= 0.3 is 5.97 Å². The molecule has 1 aliphatic carbocycles. The number of carboxylic acid groups (broad SMARTS) is 1. The van der Waals surface area contributed by atoms with Gasteiger partial charge in [0.15, 0.2) is 0 Å². The highest BCUT2D eigenvalue weighted by molar-refractivity contribution is 5.78. The zero-order valence-electron chi connectivity index (χ0n) is 8.85. The second-order valence-corrected chi connectivity index (χ2v) is 4.25. The average Bonchev–Trinajstić information content (AvgIpc) is 2.99. The van der Waals surface area contributed by atoms with E-state index >= 15 is 0 Å². The van der Waals surface area contributed by atoms with Crippen molar-refractivity contribution in [2.45, 2.75) is 44.7 Å². The average molecular weight is 212 g/mol. The van der Waals surface area contributed by atoms with Crippen LogP contribution in [0, 0.1) is 0 Å². The molecule has 1 N–H and O–H groups in total. The molecular weight excluding hydrogens is 196 g/mol. The van der Waals surface area contributed by atoms with Crippen molar-refractivity contribution in [1.29, 1.82) is 0 Å². The lowest BCUT2D eigenvalue weighted by Crippen LogP contribution is -2.57. The van der Waals surface area contributed by atoms with Gasteiger partial charge in [0.2, 0.25) is 5.91 Å². The number of rotatable bonds is 3. The molecule has 0 radical (unpaired) electrons. The number of carbonyl (C=O) groups is 2. The maximum atomic E-state index is 11.7. The van der Waals surface area contributed by atoms with Crippen molar-refractivity contribution in [3.05, 3.63) is 0 Å². The standard InChI is InChI=1S/C10H16N2O3/c1-7(10(14)15)11-6-2-3-9(13)12(11)8-4-5-8/h7-8H,2-6H2,1H3,(H,14,15). The minimum atomic E-state index is -0.865. The van der Waals surface area contributed by atoms with E-state index < -0.39 is 12.0 Å². The largest absolute Gasteiger partial charge is 0.480 e. The summed E-state index contributed by atoms with van der Waals surface area (Å²) in [4.78, 5) is 22.6.